The molecule has 0 bridgehead atoms. The first-order valence-electron chi connectivity index (χ1n) is 7.68. The van der Waals surface area contributed by atoms with Gasteiger partial charge in [0.05, 0.1) is 17.2 Å². The van der Waals surface area contributed by atoms with Crippen molar-refractivity contribution in [2.45, 2.75) is 0 Å². The van der Waals surface area contributed by atoms with Gasteiger partial charge >= 0.3 is 0 Å². The third-order valence-electron chi connectivity index (χ3n) is 4.17. The minimum atomic E-state index is -0.926. The number of rotatable bonds is 2. The number of halogens is 2. The van der Waals surface area contributed by atoms with Crippen molar-refractivity contribution >= 4 is 23.1 Å². The van der Waals surface area contributed by atoms with Crippen molar-refractivity contribution in [3.05, 3.63) is 41.6 Å². The predicted octanol–water partition coefficient (Wildman–Crippen LogP) is 1.85. The molecule has 24 heavy (non-hydrogen) atoms. The fraction of sp³-hybridized carbons (Fsp3) is 0.353. The Balaban J connectivity index is 2.29. The van der Waals surface area contributed by atoms with Crippen LogP contribution in [0.3, 0.4) is 0 Å². The van der Waals surface area contributed by atoms with E-state index < -0.39 is 11.6 Å². The highest BCUT2D eigenvalue weighted by Crippen LogP contribution is 2.19. The molecule has 0 atom stereocenters. The van der Waals surface area contributed by atoms with Gasteiger partial charge in [-0.25, -0.2) is 13.8 Å². The van der Waals surface area contributed by atoms with Crippen molar-refractivity contribution in [2.24, 2.45) is 4.99 Å². The third-order valence-corrected chi connectivity index (χ3v) is 4.17. The summed E-state index contributed by atoms with van der Waals surface area (Å²) in [6.07, 6.45) is 1.56. The minimum absolute atomic E-state index is 0.363. The summed E-state index contributed by atoms with van der Waals surface area (Å²) >= 11 is 0. The van der Waals surface area contributed by atoms with Gasteiger partial charge in [-0.1, -0.05) is 6.58 Å². The second kappa shape index (κ2) is 6.55. The molecular weight excluding hydrogens is 312 g/mol. The van der Waals surface area contributed by atoms with Crippen LogP contribution >= 0.6 is 0 Å². The Kier molecular flexibility index (Phi) is 4.46. The van der Waals surface area contributed by atoms with Crippen LogP contribution in [0.5, 0.6) is 0 Å². The number of aromatic nitrogens is 2. The molecule has 1 aliphatic heterocycles. The maximum atomic E-state index is 13.7. The lowest BCUT2D eigenvalue weighted by Gasteiger charge is -2.33. The van der Waals surface area contributed by atoms with E-state index in [0.717, 1.165) is 38.3 Å². The summed E-state index contributed by atoms with van der Waals surface area (Å²) in [6, 6.07) is 2.23. The number of hydrogen-bond donors (Lipinski definition) is 0. The standard InChI is InChI=1S/C17H19F2N5/c1-4-5-24-15-11-13(19)12(18)10-14(15)21-17(16(24)20-2)23-8-6-22(3)7-9-23/h5,10-11H,1,6-9H2,2-3H3. The van der Waals surface area contributed by atoms with Crippen molar-refractivity contribution < 1.29 is 8.78 Å². The van der Waals surface area contributed by atoms with Crippen molar-refractivity contribution in [3.8, 4) is 0 Å². The predicted molar refractivity (Wildman–Crippen MR) is 90.7 cm³/mol. The van der Waals surface area contributed by atoms with E-state index in [1.165, 1.54) is 0 Å². The summed E-state index contributed by atoms with van der Waals surface area (Å²) in [5.74, 6) is -1.20. The van der Waals surface area contributed by atoms with Crippen LogP contribution in [0.4, 0.5) is 14.6 Å². The topological polar surface area (TPSA) is 36.7 Å². The summed E-state index contributed by atoms with van der Waals surface area (Å²) in [5, 5.41) is 0. The van der Waals surface area contributed by atoms with Gasteiger partial charge in [0.2, 0.25) is 0 Å². The Morgan fingerprint density at radius 2 is 1.88 bits per heavy atom. The number of piperazine rings is 1. The molecule has 1 aliphatic rings. The number of anilines is 1. The van der Waals surface area contributed by atoms with E-state index >= 15 is 0 Å². The Hall–Kier alpha value is -2.50. The lowest BCUT2D eigenvalue weighted by Crippen LogP contribution is -2.47. The maximum absolute atomic E-state index is 13.7. The average molecular weight is 331 g/mol. The van der Waals surface area contributed by atoms with Gasteiger partial charge in [0.25, 0.3) is 0 Å². The molecule has 1 saturated heterocycles. The van der Waals surface area contributed by atoms with Crippen LogP contribution in [0.25, 0.3) is 17.2 Å². The fourth-order valence-corrected chi connectivity index (χ4v) is 2.85. The quantitative estimate of drug-likeness (QED) is 0.788. The van der Waals surface area contributed by atoms with E-state index in [0.29, 0.717) is 22.3 Å². The summed E-state index contributed by atoms with van der Waals surface area (Å²) in [7, 11) is 3.71. The lowest BCUT2D eigenvalue weighted by molar-refractivity contribution is 0.311. The Morgan fingerprint density at radius 1 is 1.21 bits per heavy atom. The molecular formula is C17H19F2N5. The van der Waals surface area contributed by atoms with E-state index in [4.69, 9.17) is 0 Å². The highest BCUT2D eigenvalue weighted by atomic mass is 19.2. The summed E-state index contributed by atoms with van der Waals surface area (Å²) in [4.78, 5) is 13.2. The molecule has 1 aromatic heterocycles. The van der Waals surface area contributed by atoms with E-state index in [-0.39, 0.29) is 0 Å². The molecule has 0 aliphatic carbocycles. The van der Waals surface area contributed by atoms with Crippen LogP contribution in [0.1, 0.15) is 0 Å². The van der Waals surface area contributed by atoms with Crippen LogP contribution in [-0.2, 0) is 0 Å². The maximum Gasteiger partial charge on any atom is 0.176 e. The minimum Gasteiger partial charge on any atom is -0.351 e. The molecule has 7 heteroatoms. The monoisotopic (exact) mass is 331 g/mol. The number of likely N-dealkylation sites (N-methyl/N-ethyl adjacent to an activating group) is 1. The SMILES string of the molecule is C=C=Cn1c(=NC)c(N2CCN(C)CC2)nc2cc(F)c(F)cc21. The smallest absolute Gasteiger partial charge is 0.176 e. The third kappa shape index (κ3) is 2.84. The molecule has 1 aromatic carbocycles. The zero-order chi connectivity index (χ0) is 17.3. The molecule has 5 nitrogen and oxygen atoms in total. The van der Waals surface area contributed by atoms with Crippen LogP contribution in [0.2, 0.25) is 0 Å². The molecule has 0 saturated carbocycles. The Morgan fingerprint density at radius 3 is 2.50 bits per heavy atom. The van der Waals surface area contributed by atoms with E-state index in [1.54, 1.807) is 17.8 Å². The fourth-order valence-electron chi connectivity index (χ4n) is 2.85. The molecule has 1 fully saturated rings. The van der Waals surface area contributed by atoms with E-state index in [9.17, 15) is 8.78 Å². The van der Waals surface area contributed by atoms with Crippen LogP contribution in [0.15, 0.2) is 29.4 Å². The summed E-state index contributed by atoms with van der Waals surface area (Å²) in [5.41, 5.74) is 4.03. The number of nitrogens with zero attached hydrogens (tertiary/aromatic N) is 5. The number of benzene rings is 1. The molecule has 0 N–H and O–H groups in total. The van der Waals surface area contributed by atoms with Crippen LogP contribution < -0.4 is 10.4 Å². The largest absolute Gasteiger partial charge is 0.351 e. The normalized spacial score (nSPS) is 16.5. The van der Waals surface area contributed by atoms with Crippen molar-refractivity contribution in [3.63, 3.8) is 0 Å². The number of hydrogen-bond acceptors (Lipinski definition) is 4. The van der Waals surface area contributed by atoms with Gasteiger partial charge in [-0.05, 0) is 7.05 Å². The number of fused-ring (bicyclic) bond motifs is 1. The Labute approximate surface area is 138 Å². The van der Waals surface area contributed by atoms with Crippen molar-refractivity contribution in [2.75, 3.05) is 45.2 Å². The molecule has 0 radical (unpaired) electrons. The zero-order valence-corrected chi connectivity index (χ0v) is 13.8. The van der Waals surface area contributed by atoms with Gasteiger partial charge in [-0.2, -0.15) is 0 Å². The lowest BCUT2D eigenvalue weighted by atomic mass is 10.2. The van der Waals surface area contributed by atoms with Crippen LogP contribution in [-0.4, -0.2) is 54.7 Å². The van der Waals surface area contributed by atoms with E-state index in [1.807, 2.05) is 0 Å². The Bertz CT molecular complexity index is 888. The van der Waals surface area contributed by atoms with Gasteiger partial charge in [0.15, 0.2) is 22.9 Å². The van der Waals surface area contributed by atoms with Gasteiger partial charge < -0.3 is 9.80 Å². The highest BCUT2D eigenvalue weighted by Gasteiger charge is 2.20. The molecule has 0 unspecified atom stereocenters. The zero-order valence-electron chi connectivity index (χ0n) is 13.8. The van der Waals surface area contributed by atoms with Gasteiger partial charge in [-0.3, -0.25) is 9.56 Å². The molecule has 2 heterocycles. The van der Waals surface area contributed by atoms with Gasteiger partial charge in [-0.15, -0.1) is 5.73 Å². The second-order valence-electron chi connectivity index (χ2n) is 5.73. The first kappa shape index (κ1) is 16.4. The highest BCUT2D eigenvalue weighted by molar-refractivity contribution is 5.78. The molecule has 126 valence electrons. The van der Waals surface area contributed by atoms with Crippen molar-refractivity contribution in [1.29, 1.82) is 0 Å². The molecule has 0 amide bonds. The first-order chi connectivity index (χ1) is 11.5. The summed E-state index contributed by atoms with van der Waals surface area (Å²) < 4.78 is 29.0. The second-order valence-corrected chi connectivity index (χ2v) is 5.73. The van der Waals surface area contributed by atoms with Gasteiger partial charge in [0, 0.05) is 45.4 Å². The first-order valence-corrected chi connectivity index (χ1v) is 7.68. The summed E-state index contributed by atoms with van der Waals surface area (Å²) in [6.45, 7) is 6.96. The van der Waals surface area contributed by atoms with Crippen molar-refractivity contribution in [1.82, 2.24) is 14.5 Å². The average Bonchev–Trinajstić information content (AvgIpc) is 2.57. The molecule has 0 spiro atoms. The van der Waals surface area contributed by atoms with Gasteiger partial charge in [0.1, 0.15) is 0 Å². The van der Waals surface area contributed by atoms with Crippen LogP contribution in [0, 0.1) is 11.6 Å². The molecule has 3 rings (SSSR count). The van der Waals surface area contributed by atoms with E-state index in [2.05, 4.69) is 39.1 Å². The molecule has 2 aromatic rings.